The van der Waals surface area contributed by atoms with Crippen molar-refractivity contribution >= 4 is 16.4 Å². The molecular formula is C11H14O2S. The van der Waals surface area contributed by atoms with Crippen LogP contribution in [0.2, 0.25) is 0 Å². The lowest BCUT2D eigenvalue weighted by molar-refractivity contribution is 0.399. The van der Waals surface area contributed by atoms with Gasteiger partial charge in [-0.3, -0.25) is 4.21 Å². The molecule has 76 valence electrons. The summed E-state index contributed by atoms with van der Waals surface area (Å²) in [4.78, 5) is 0.953. The minimum Gasteiger partial charge on any atom is -0.400 e. The Bertz CT molecular complexity index is 323. The van der Waals surface area contributed by atoms with E-state index in [1.807, 2.05) is 24.3 Å². The molecule has 1 unspecified atom stereocenters. The van der Waals surface area contributed by atoms with Gasteiger partial charge in [-0.2, -0.15) is 0 Å². The molecule has 0 aliphatic carbocycles. The van der Waals surface area contributed by atoms with Gasteiger partial charge in [0.15, 0.2) is 0 Å². The Labute approximate surface area is 86.7 Å². The quantitative estimate of drug-likeness (QED) is 0.709. The van der Waals surface area contributed by atoms with E-state index in [4.69, 9.17) is 5.11 Å². The summed E-state index contributed by atoms with van der Waals surface area (Å²) < 4.78 is 11.5. The molecule has 3 heteroatoms. The number of benzene rings is 1. The van der Waals surface area contributed by atoms with Crippen molar-refractivity contribution in [2.24, 2.45) is 0 Å². The third-order valence-corrected chi connectivity index (χ3v) is 3.52. The van der Waals surface area contributed by atoms with Gasteiger partial charge in [-0.05, 0) is 23.6 Å². The van der Waals surface area contributed by atoms with Crippen LogP contribution in [-0.2, 0) is 10.8 Å². The Kier molecular flexibility index (Phi) is 4.04. The largest absolute Gasteiger partial charge is 0.400 e. The fourth-order valence-electron chi connectivity index (χ4n) is 1.42. The molecule has 1 N–H and O–H groups in total. The standard InChI is InChI=1S/C10H10OS.CH4O/c1-8-6-7-12(11)10-5-3-2-4-9(8)10;1-2/h2-5H,1,6-7H2;2H,1H3. The van der Waals surface area contributed by atoms with Crippen molar-refractivity contribution in [1.29, 1.82) is 0 Å². The van der Waals surface area contributed by atoms with E-state index in [0.717, 1.165) is 35.3 Å². The van der Waals surface area contributed by atoms with Crippen LogP contribution in [0.25, 0.3) is 5.57 Å². The molecule has 0 bridgehead atoms. The molecule has 2 nitrogen and oxygen atoms in total. The van der Waals surface area contributed by atoms with Crippen molar-refractivity contribution in [3.63, 3.8) is 0 Å². The first-order valence-corrected chi connectivity index (χ1v) is 5.71. The average Bonchev–Trinajstić information content (AvgIpc) is 2.27. The Morgan fingerprint density at radius 1 is 1.36 bits per heavy atom. The van der Waals surface area contributed by atoms with Gasteiger partial charge in [0.2, 0.25) is 0 Å². The number of rotatable bonds is 0. The van der Waals surface area contributed by atoms with Crippen LogP contribution >= 0.6 is 0 Å². The Morgan fingerprint density at radius 2 is 2.00 bits per heavy atom. The number of hydrogen-bond donors (Lipinski definition) is 1. The lowest BCUT2D eigenvalue weighted by atomic mass is 10.1. The lowest BCUT2D eigenvalue weighted by Gasteiger charge is -2.16. The van der Waals surface area contributed by atoms with Crippen LogP contribution in [0.4, 0.5) is 0 Å². The number of aliphatic hydroxyl groups excluding tert-OH is 1. The molecule has 0 radical (unpaired) electrons. The highest BCUT2D eigenvalue weighted by Crippen LogP contribution is 2.28. The summed E-state index contributed by atoms with van der Waals surface area (Å²) in [5.74, 6) is 0.732. The molecule has 1 atom stereocenters. The van der Waals surface area contributed by atoms with Crippen LogP contribution in [-0.4, -0.2) is 22.2 Å². The van der Waals surface area contributed by atoms with Gasteiger partial charge in [0.1, 0.15) is 0 Å². The topological polar surface area (TPSA) is 37.3 Å². The van der Waals surface area contributed by atoms with Gasteiger partial charge in [-0.15, -0.1) is 0 Å². The van der Waals surface area contributed by atoms with Crippen molar-refractivity contribution in [1.82, 2.24) is 0 Å². The van der Waals surface area contributed by atoms with Crippen molar-refractivity contribution in [3.8, 4) is 0 Å². The van der Waals surface area contributed by atoms with E-state index in [-0.39, 0.29) is 0 Å². The molecule has 0 amide bonds. The van der Waals surface area contributed by atoms with Crippen molar-refractivity contribution in [2.75, 3.05) is 12.9 Å². The smallest absolute Gasteiger partial charge is 0.0539 e. The Balaban J connectivity index is 0.000000461. The molecule has 1 aliphatic heterocycles. The van der Waals surface area contributed by atoms with E-state index in [2.05, 4.69) is 6.58 Å². The maximum absolute atomic E-state index is 11.5. The predicted molar refractivity (Wildman–Crippen MR) is 59.5 cm³/mol. The Morgan fingerprint density at radius 3 is 2.64 bits per heavy atom. The van der Waals surface area contributed by atoms with Crippen LogP contribution in [0.3, 0.4) is 0 Å². The maximum atomic E-state index is 11.5. The molecule has 1 aromatic rings. The zero-order chi connectivity index (χ0) is 10.6. The molecule has 0 saturated carbocycles. The van der Waals surface area contributed by atoms with Gasteiger partial charge < -0.3 is 5.11 Å². The molecule has 0 aromatic heterocycles. The van der Waals surface area contributed by atoms with Crippen LogP contribution in [0.15, 0.2) is 35.7 Å². The first-order valence-electron chi connectivity index (χ1n) is 4.39. The maximum Gasteiger partial charge on any atom is 0.0539 e. The van der Waals surface area contributed by atoms with Crippen LogP contribution in [0, 0.1) is 0 Å². The SMILES string of the molecule is C=C1CCS(=O)c2ccccc21.CO. The summed E-state index contributed by atoms with van der Waals surface area (Å²) in [7, 11) is 0.203. The van der Waals surface area contributed by atoms with Crippen molar-refractivity contribution in [3.05, 3.63) is 36.4 Å². The van der Waals surface area contributed by atoms with E-state index in [0.29, 0.717) is 0 Å². The molecular weight excluding hydrogens is 196 g/mol. The second-order valence-electron chi connectivity index (χ2n) is 2.90. The van der Waals surface area contributed by atoms with E-state index >= 15 is 0 Å². The summed E-state index contributed by atoms with van der Waals surface area (Å²) in [6, 6.07) is 7.81. The Hall–Kier alpha value is -0.930. The highest BCUT2D eigenvalue weighted by atomic mass is 32.2. The summed E-state index contributed by atoms with van der Waals surface area (Å²) in [6.45, 7) is 3.96. The molecule has 0 saturated heterocycles. The van der Waals surface area contributed by atoms with Crippen LogP contribution in [0.5, 0.6) is 0 Å². The fraction of sp³-hybridized carbons (Fsp3) is 0.273. The van der Waals surface area contributed by atoms with Gasteiger partial charge in [-0.1, -0.05) is 24.8 Å². The molecule has 0 spiro atoms. The number of aliphatic hydroxyl groups is 1. The summed E-state index contributed by atoms with van der Waals surface area (Å²) in [5.41, 5.74) is 2.20. The third-order valence-electron chi connectivity index (χ3n) is 2.10. The van der Waals surface area contributed by atoms with Gasteiger partial charge in [-0.25, -0.2) is 0 Å². The van der Waals surface area contributed by atoms with Crippen molar-refractivity contribution in [2.45, 2.75) is 11.3 Å². The molecule has 2 rings (SSSR count). The minimum absolute atomic E-state index is 0.732. The third kappa shape index (κ3) is 2.11. The second-order valence-corrected chi connectivity index (χ2v) is 4.44. The first kappa shape index (κ1) is 11.1. The predicted octanol–water partition coefficient (Wildman–Crippen LogP) is 1.82. The normalized spacial score (nSPS) is 19.3. The van der Waals surface area contributed by atoms with Crippen LogP contribution in [0.1, 0.15) is 12.0 Å². The average molecular weight is 210 g/mol. The minimum atomic E-state index is -0.797. The zero-order valence-corrected chi connectivity index (χ0v) is 9.01. The second kappa shape index (κ2) is 5.08. The van der Waals surface area contributed by atoms with Gasteiger partial charge in [0.25, 0.3) is 0 Å². The zero-order valence-electron chi connectivity index (χ0n) is 8.19. The van der Waals surface area contributed by atoms with E-state index < -0.39 is 10.8 Å². The molecule has 1 aliphatic rings. The van der Waals surface area contributed by atoms with Crippen LogP contribution < -0.4 is 0 Å². The molecule has 0 fully saturated rings. The number of allylic oxidation sites excluding steroid dienone is 1. The molecule has 1 aromatic carbocycles. The van der Waals surface area contributed by atoms with E-state index in [9.17, 15) is 4.21 Å². The number of hydrogen-bond acceptors (Lipinski definition) is 2. The van der Waals surface area contributed by atoms with E-state index in [1.54, 1.807) is 0 Å². The highest BCUT2D eigenvalue weighted by Gasteiger charge is 2.16. The lowest BCUT2D eigenvalue weighted by Crippen LogP contribution is -2.08. The summed E-state index contributed by atoms with van der Waals surface area (Å²) in [5, 5.41) is 7.00. The summed E-state index contributed by atoms with van der Waals surface area (Å²) >= 11 is 0. The van der Waals surface area contributed by atoms with E-state index in [1.165, 1.54) is 0 Å². The van der Waals surface area contributed by atoms with Gasteiger partial charge >= 0.3 is 0 Å². The van der Waals surface area contributed by atoms with Crippen molar-refractivity contribution < 1.29 is 9.32 Å². The first-order chi connectivity index (χ1) is 6.79. The van der Waals surface area contributed by atoms with Gasteiger partial charge in [0, 0.05) is 17.8 Å². The summed E-state index contributed by atoms with van der Waals surface area (Å²) in [6.07, 6.45) is 0.865. The van der Waals surface area contributed by atoms with Gasteiger partial charge in [0.05, 0.1) is 10.8 Å². The molecule has 14 heavy (non-hydrogen) atoms. The number of fused-ring (bicyclic) bond motifs is 1. The highest BCUT2D eigenvalue weighted by molar-refractivity contribution is 7.85. The fourth-order valence-corrected chi connectivity index (χ4v) is 2.76. The monoisotopic (exact) mass is 210 g/mol. The molecule has 1 heterocycles.